The van der Waals surface area contributed by atoms with E-state index in [2.05, 4.69) is 6.58 Å². The Bertz CT molecular complexity index is 871. The summed E-state index contributed by atoms with van der Waals surface area (Å²) in [5.41, 5.74) is 9.37. The lowest BCUT2D eigenvalue weighted by Gasteiger charge is -2.31. The van der Waals surface area contributed by atoms with Gasteiger partial charge in [-0.25, -0.2) is 0 Å². The van der Waals surface area contributed by atoms with Crippen molar-refractivity contribution in [3.63, 3.8) is 0 Å². The van der Waals surface area contributed by atoms with Crippen LogP contribution in [0.25, 0.3) is 0 Å². The van der Waals surface area contributed by atoms with Gasteiger partial charge < -0.3 is 19.9 Å². The molecule has 0 saturated carbocycles. The van der Waals surface area contributed by atoms with Gasteiger partial charge in [0.15, 0.2) is 0 Å². The summed E-state index contributed by atoms with van der Waals surface area (Å²) in [5, 5.41) is 0. The minimum Gasteiger partial charge on any atom is -0.369 e. The smallest absolute Gasteiger partial charge is 0.115 e. The molecular formula is C27H31NO3. The Kier molecular flexibility index (Phi) is 9.48. The van der Waals surface area contributed by atoms with E-state index in [0.29, 0.717) is 26.4 Å². The maximum atomic E-state index is 6.31. The van der Waals surface area contributed by atoms with E-state index in [1.165, 1.54) is 0 Å². The third-order valence-electron chi connectivity index (χ3n) is 5.03. The molecule has 0 radical (unpaired) electrons. The van der Waals surface area contributed by atoms with Gasteiger partial charge >= 0.3 is 0 Å². The number of hydrogen-bond acceptors (Lipinski definition) is 4. The van der Waals surface area contributed by atoms with Gasteiger partial charge in [0.1, 0.15) is 12.2 Å². The van der Waals surface area contributed by atoms with Crippen LogP contribution in [0.15, 0.2) is 104 Å². The molecule has 2 N–H and O–H groups in total. The van der Waals surface area contributed by atoms with Gasteiger partial charge in [-0.15, -0.1) is 6.58 Å². The second kappa shape index (κ2) is 12.8. The molecule has 0 heterocycles. The molecule has 0 bridgehead atoms. The van der Waals surface area contributed by atoms with Crippen LogP contribution in [-0.2, 0) is 34.0 Å². The van der Waals surface area contributed by atoms with Crippen LogP contribution in [-0.4, -0.2) is 24.9 Å². The summed E-state index contributed by atoms with van der Waals surface area (Å²) in [7, 11) is 0. The average molecular weight is 418 g/mol. The minimum absolute atomic E-state index is 0.311. The molecule has 4 nitrogen and oxygen atoms in total. The lowest BCUT2D eigenvalue weighted by molar-refractivity contribution is -0.135. The molecule has 3 atom stereocenters. The summed E-state index contributed by atoms with van der Waals surface area (Å²) in [5.74, 6) is 0. The van der Waals surface area contributed by atoms with Gasteiger partial charge in [-0.05, 0) is 16.7 Å². The average Bonchev–Trinajstić information content (AvgIpc) is 2.84. The highest BCUT2D eigenvalue weighted by Crippen LogP contribution is 2.18. The van der Waals surface area contributed by atoms with Crippen LogP contribution in [0.1, 0.15) is 16.7 Å². The minimum atomic E-state index is -0.393. The molecule has 0 aliphatic heterocycles. The highest BCUT2D eigenvalue weighted by atomic mass is 16.6. The molecule has 0 aliphatic rings. The molecule has 31 heavy (non-hydrogen) atoms. The Hall–Kier alpha value is -2.76. The molecule has 0 unspecified atom stereocenters. The van der Waals surface area contributed by atoms with Crippen molar-refractivity contribution in [2.45, 2.75) is 38.1 Å². The zero-order chi connectivity index (χ0) is 21.7. The largest absolute Gasteiger partial charge is 0.369 e. The zero-order valence-corrected chi connectivity index (χ0v) is 17.8. The first-order valence-corrected chi connectivity index (χ1v) is 10.6. The molecule has 3 rings (SSSR count). The van der Waals surface area contributed by atoms with E-state index >= 15 is 0 Å². The first-order chi connectivity index (χ1) is 15.3. The third kappa shape index (κ3) is 7.46. The monoisotopic (exact) mass is 417 g/mol. The maximum Gasteiger partial charge on any atom is 0.115 e. The summed E-state index contributed by atoms with van der Waals surface area (Å²) >= 11 is 0. The topological polar surface area (TPSA) is 53.7 Å². The van der Waals surface area contributed by atoms with E-state index in [0.717, 1.165) is 16.7 Å². The molecule has 0 spiro atoms. The van der Waals surface area contributed by atoms with Crippen LogP contribution >= 0.6 is 0 Å². The zero-order valence-electron chi connectivity index (χ0n) is 17.8. The van der Waals surface area contributed by atoms with Crippen LogP contribution in [0.5, 0.6) is 0 Å². The van der Waals surface area contributed by atoms with E-state index < -0.39 is 6.10 Å². The number of benzene rings is 3. The van der Waals surface area contributed by atoms with Crippen molar-refractivity contribution in [1.82, 2.24) is 0 Å². The third-order valence-corrected chi connectivity index (χ3v) is 5.03. The lowest BCUT2D eigenvalue weighted by Crippen LogP contribution is -2.45. The summed E-state index contributed by atoms with van der Waals surface area (Å²) in [6.07, 6.45) is 0.665. The number of hydrogen-bond donors (Lipinski definition) is 1. The Labute approximate surface area is 185 Å². The summed E-state index contributed by atoms with van der Waals surface area (Å²) in [6, 6.07) is 30.1. The Morgan fingerprint density at radius 2 is 1.06 bits per heavy atom. The number of nitrogens with two attached hydrogens (primary N) is 1. The number of rotatable bonds is 13. The fourth-order valence-corrected chi connectivity index (χ4v) is 3.32. The van der Waals surface area contributed by atoms with Crippen molar-refractivity contribution >= 4 is 0 Å². The molecule has 0 fully saturated rings. The van der Waals surface area contributed by atoms with Crippen LogP contribution < -0.4 is 5.73 Å². The SMILES string of the molecule is C=C[C@H](OCc1ccccc1)[C@H](OCc1ccccc1)[C@@H](CN)OCc1ccccc1. The Balaban J connectivity index is 1.71. The second-order valence-corrected chi connectivity index (χ2v) is 7.33. The predicted octanol–water partition coefficient (Wildman–Crippen LogP) is 4.89. The molecule has 0 amide bonds. The quantitative estimate of drug-likeness (QED) is 0.403. The van der Waals surface area contributed by atoms with Crippen LogP contribution in [0.4, 0.5) is 0 Å². The van der Waals surface area contributed by atoms with Crippen molar-refractivity contribution in [2.75, 3.05) is 6.54 Å². The first kappa shape index (κ1) is 22.9. The second-order valence-electron chi connectivity index (χ2n) is 7.33. The molecule has 0 aromatic heterocycles. The van der Waals surface area contributed by atoms with Crippen molar-refractivity contribution in [2.24, 2.45) is 5.73 Å². The van der Waals surface area contributed by atoms with E-state index in [-0.39, 0.29) is 12.2 Å². The van der Waals surface area contributed by atoms with Crippen LogP contribution in [0.3, 0.4) is 0 Å². The van der Waals surface area contributed by atoms with Crippen molar-refractivity contribution in [3.8, 4) is 0 Å². The van der Waals surface area contributed by atoms with Gasteiger partial charge in [-0.3, -0.25) is 0 Å². The molecule has 4 heteroatoms. The standard InChI is InChI=1S/C27H31NO3/c1-2-25(29-19-22-12-6-3-7-13-22)27(31-21-24-16-10-5-11-17-24)26(18-28)30-20-23-14-8-4-9-15-23/h2-17,25-27H,1,18-21,28H2/t25-,26+,27-/m0/s1. The molecule has 3 aromatic carbocycles. The van der Waals surface area contributed by atoms with Gasteiger partial charge in [0.2, 0.25) is 0 Å². The van der Waals surface area contributed by atoms with Gasteiger partial charge in [0.05, 0.1) is 25.9 Å². The highest BCUT2D eigenvalue weighted by Gasteiger charge is 2.30. The van der Waals surface area contributed by atoms with E-state index in [1.807, 2.05) is 91.0 Å². The fourth-order valence-electron chi connectivity index (χ4n) is 3.32. The van der Waals surface area contributed by atoms with E-state index in [4.69, 9.17) is 19.9 Å². The van der Waals surface area contributed by atoms with E-state index in [9.17, 15) is 0 Å². The van der Waals surface area contributed by atoms with Crippen molar-refractivity contribution in [3.05, 3.63) is 120 Å². The predicted molar refractivity (Wildman–Crippen MR) is 124 cm³/mol. The Morgan fingerprint density at radius 3 is 1.48 bits per heavy atom. The maximum absolute atomic E-state index is 6.31. The molecule has 162 valence electrons. The highest BCUT2D eigenvalue weighted by molar-refractivity contribution is 5.15. The van der Waals surface area contributed by atoms with Crippen molar-refractivity contribution in [1.29, 1.82) is 0 Å². The van der Waals surface area contributed by atoms with Crippen LogP contribution in [0, 0.1) is 0 Å². The normalized spacial score (nSPS) is 14.0. The van der Waals surface area contributed by atoms with Gasteiger partial charge in [-0.1, -0.05) is 97.1 Å². The Morgan fingerprint density at radius 1 is 0.645 bits per heavy atom. The number of ether oxygens (including phenoxy) is 3. The fraction of sp³-hybridized carbons (Fsp3) is 0.259. The summed E-state index contributed by atoms with van der Waals surface area (Å²) < 4.78 is 18.7. The first-order valence-electron chi connectivity index (χ1n) is 10.6. The lowest BCUT2D eigenvalue weighted by atomic mass is 10.1. The van der Waals surface area contributed by atoms with E-state index in [1.54, 1.807) is 6.08 Å². The summed E-state index contributed by atoms with van der Waals surface area (Å²) in [4.78, 5) is 0. The summed E-state index contributed by atoms with van der Waals surface area (Å²) in [6.45, 7) is 5.65. The molecular weight excluding hydrogens is 386 g/mol. The molecule has 0 saturated heterocycles. The van der Waals surface area contributed by atoms with Gasteiger partial charge in [0.25, 0.3) is 0 Å². The van der Waals surface area contributed by atoms with Gasteiger partial charge in [-0.2, -0.15) is 0 Å². The molecule has 3 aromatic rings. The van der Waals surface area contributed by atoms with Gasteiger partial charge in [0, 0.05) is 6.54 Å². The van der Waals surface area contributed by atoms with Crippen molar-refractivity contribution < 1.29 is 14.2 Å². The molecule has 0 aliphatic carbocycles. The van der Waals surface area contributed by atoms with Crippen LogP contribution in [0.2, 0.25) is 0 Å².